The summed E-state index contributed by atoms with van der Waals surface area (Å²) in [5.74, 6) is -0.336. The Morgan fingerprint density at radius 2 is 2.19 bits per heavy atom. The summed E-state index contributed by atoms with van der Waals surface area (Å²) in [5.41, 5.74) is 0. The lowest BCUT2D eigenvalue weighted by molar-refractivity contribution is 0.0957. The van der Waals surface area contributed by atoms with E-state index in [0.29, 0.717) is 17.7 Å². The van der Waals surface area contributed by atoms with Crippen molar-refractivity contribution >= 4 is 46.8 Å². The van der Waals surface area contributed by atoms with E-state index in [1.807, 2.05) is 0 Å². The smallest absolute Gasteiger partial charge is 0.262 e. The average molecular weight is 372 g/mol. The molecule has 21 heavy (non-hydrogen) atoms. The van der Waals surface area contributed by atoms with Crippen molar-refractivity contribution in [2.24, 2.45) is 0 Å². The Balaban J connectivity index is 2.08. The van der Waals surface area contributed by atoms with Gasteiger partial charge in [0.25, 0.3) is 15.0 Å². The number of carbonyl (C=O) groups excluding carboxylic acids is 1. The highest BCUT2D eigenvalue weighted by molar-refractivity contribution is 8.13. The average Bonchev–Trinajstić information content (AvgIpc) is 2.88. The van der Waals surface area contributed by atoms with Crippen LogP contribution in [0.2, 0.25) is 0 Å². The molecule has 118 valence electrons. The summed E-state index contributed by atoms with van der Waals surface area (Å²) in [6.45, 7) is 1.60. The predicted octanol–water partition coefficient (Wildman–Crippen LogP) is 1.29. The van der Waals surface area contributed by atoms with Crippen LogP contribution >= 0.6 is 22.0 Å². The maximum Gasteiger partial charge on any atom is 0.262 e. The van der Waals surface area contributed by atoms with Gasteiger partial charge in [-0.15, -0.1) is 11.3 Å². The first-order chi connectivity index (χ1) is 9.61. The molecular formula is C11H14ClNO5S3. The normalized spacial score (nSPS) is 21.3. The van der Waals surface area contributed by atoms with Gasteiger partial charge in [-0.25, -0.2) is 16.8 Å². The Hall–Kier alpha value is -0.640. The van der Waals surface area contributed by atoms with Crippen molar-refractivity contribution < 1.29 is 21.6 Å². The van der Waals surface area contributed by atoms with Gasteiger partial charge in [0, 0.05) is 22.1 Å². The molecule has 0 radical (unpaired) electrons. The molecule has 2 rings (SSSR count). The molecule has 1 aliphatic heterocycles. The van der Waals surface area contributed by atoms with Gasteiger partial charge in [0.05, 0.1) is 20.8 Å². The summed E-state index contributed by atoms with van der Waals surface area (Å²) in [7, 11) is -1.74. The third kappa shape index (κ3) is 3.77. The van der Waals surface area contributed by atoms with Gasteiger partial charge >= 0.3 is 0 Å². The quantitative estimate of drug-likeness (QED) is 0.804. The molecule has 10 heteroatoms. The summed E-state index contributed by atoms with van der Waals surface area (Å²) in [6, 6.07) is 1.21. The number of hydrogen-bond donors (Lipinski definition) is 1. The van der Waals surface area contributed by atoms with Gasteiger partial charge in [0.1, 0.15) is 0 Å². The Morgan fingerprint density at radius 1 is 1.52 bits per heavy atom. The van der Waals surface area contributed by atoms with Gasteiger partial charge in [0.2, 0.25) is 0 Å². The molecule has 0 bridgehead atoms. The van der Waals surface area contributed by atoms with Crippen molar-refractivity contribution in [1.82, 2.24) is 5.32 Å². The molecular weight excluding hydrogens is 358 g/mol. The van der Waals surface area contributed by atoms with Crippen molar-refractivity contribution in [3.63, 3.8) is 0 Å². The molecule has 1 fully saturated rings. The highest BCUT2D eigenvalue weighted by atomic mass is 35.7. The summed E-state index contributed by atoms with van der Waals surface area (Å²) in [5, 5.41) is 1.99. The molecule has 1 aromatic heterocycles. The van der Waals surface area contributed by atoms with Crippen LogP contribution in [0.15, 0.2) is 11.0 Å². The molecule has 1 atom stereocenters. The molecule has 0 aliphatic carbocycles. The summed E-state index contributed by atoms with van der Waals surface area (Å²) >= 11 is 1.01. The third-order valence-electron chi connectivity index (χ3n) is 3.31. The first-order valence-electron chi connectivity index (χ1n) is 6.16. The van der Waals surface area contributed by atoms with E-state index >= 15 is 0 Å². The SMILES string of the molecule is Cc1sc(C(=O)NCC2CCCS2(=O)=O)cc1S(=O)(=O)Cl. The zero-order valence-corrected chi connectivity index (χ0v) is 14.3. The van der Waals surface area contributed by atoms with Gasteiger partial charge in [0.15, 0.2) is 9.84 Å². The van der Waals surface area contributed by atoms with Gasteiger partial charge in [-0.2, -0.15) is 0 Å². The minimum atomic E-state index is -3.89. The zero-order valence-electron chi connectivity index (χ0n) is 11.1. The summed E-state index contributed by atoms with van der Waals surface area (Å²) in [6.07, 6.45) is 1.14. The van der Waals surface area contributed by atoms with Crippen molar-refractivity contribution in [2.45, 2.75) is 29.9 Å². The maximum absolute atomic E-state index is 12.0. The van der Waals surface area contributed by atoms with Crippen LogP contribution in [0.3, 0.4) is 0 Å². The van der Waals surface area contributed by atoms with Gasteiger partial charge in [-0.3, -0.25) is 4.79 Å². The lowest BCUT2D eigenvalue weighted by Crippen LogP contribution is -2.34. The van der Waals surface area contributed by atoms with E-state index in [9.17, 15) is 21.6 Å². The lowest BCUT2D eigenvalue weighted by atomic mass is 10.2. The molecule has 0 spiro atoms. The van der Waals surface area contributed by atoms with Crippen LogP contribution in [0.4, 0.5) is 0 Å². The largest absolute Gasteiger partial charge is 0.350 e. The summed E-state index contributed by atoms with van der Waals surface area (Å²) < 4.78 is 45.9. The standard InChI is InChI=1S/C11H14ClNO5S3/c1-7-10(21(12,17)18)5-9(19-7)11(14)13-6-8-3-2-4-20(8,15)16/h5,8H,2-4,6H2,1H3,(H,13,14). The maximum atomic E-state index is 12.0. The fourth-order valence-electron chi connectivity index (χ4n) is 2.20. The van der Waals surface area contributed by atoms with Crippen LogP contribution in [0.1, 0.15) is 27.4 Å². The van der Waals surface area contributed by atoms with Crippen molar-refractivity contribution in [3.8, 4) is 0 Å². The lowest BCUT2D eigenvalue weighted by Gasteiger charge is -2.09. The Bertz CT molecular complexity index is 766. The number of carbonyl (C=O) groups is 1. The number of halogens is 1. The topological polar surface area (TPSA) is 97.4 Å². The molecule has 1 aromatic rings. The van der Waals surface area contributed by atoms with Crippen molar-refractivity contribution in [1.29, 1.82) is 0 Å². The van der Waals surface area contributed by atoms with Crippen LogP contribution < -0.4 is 5.32 Å². The zero-order chi connectivity index (χ0) is 15.8. The van der Waals surface area contributed by atoms with Gasteiger partial charge in [-0.05, 0) is 25.8 Å². The Labute approximate surface area is 131 Å². The first kappa shape index (κ1) is 16.7. The molecule has 1 aliphatic rings. The molecule has 0 aromatic carbocycles. The van der Waals surface area contributed by atoms with Crippen LogP contribution in [0, 0.1) is 6.92 Å². The van der Waals surface area contributed by atoms with Crippen molar-refractivity contribution in [3.05, 3.63) is 15.8 Å². The van der Waals surface area contributed by atoms with Crippen LogP contribution in [0.5, 0.6) is 0 Å². The van der Waals surface area contributed by atoms with Crippen LogP contribution in [-0.2, 0) is 18.9 Å². The van der Waals surface area contributed by atoms with E-state index in [4.69, 9.17) is 10.7 Å². The number of rotatable bonds is 4. The second-order valence-corrected chi connectivity index (χ2v) is 11.0. The number of sulfone groups is 1. The fourth-order valence-corrected chi connectivity index (χ4v) is 6.55. The summed E-state index contributed by atoms with van der Waals surface area (Å²) in [4.78, 5) is 12.5. The Morgan fingerprint density at radius 3 is 2.67 bits per heavy atom. The Kier molecular flexibility index (Phi) is 4.67. The number of hydrogen-bond acceptors (Lipinski definition) is 6. The van der Waals surface area contributed by atoms with E-state index in [2.05, 4.69) is 5.32 Å². The number of amides is 1. The molecule has 1 unspecified atom stereocenters. The van der Waals surface area contributed by atoms with Crippen LogP contribution in [-0.4, -0.2) is 40.3 Å². The molecule has 1 saturated heterocycles. The highest BCUT2D eigenvalue weighted by Gasteiger charge is 2.31. The highest BCUT2D eigenvalue weighted by Crippen LogP contribution is 2.28. The number of nitrogens with one attached hydrogen (secondary N) is 1. The molecule has 2 heterocycles. The van der Waals surface area contributed by atoms with Gasteiger partial charge < -0.3 is 5.32 Å². The molecule has 1 N–H and O–H groups in total. The van der Waals surface area contributed by atoms with E-state index < -0.39 is 30.0 Å². The second-order valence-electron chi connectivity index (χ2n) is 4.81. The third-order valence-corrected chi connectivity index (χ3v) is 8.21. The molecule has 0 saturated carbocycles. The van der Waals surface area contributed by atoms with E-state index in [0.717, 1.165) is 11.3 Å². The molecule has 1 amide bonds. The monoisotopic (exact) mass is 371 g/mol. The van der Waals surface area contributed by atoms with E-state index in [1.54, 1.807) is 6.92 Å². The number of thiophene rings is 1. The van der Waals surface area contributed by atoms with Gasteiger partial charge in [-0.1, -0.05) is 0 Å². The van der Waals surface area contributed by atoms with Crippen LogP contribution in [0.25, 0.3) is 0 Å². The minimum Gasteiger partial charge on any atom is -0.350 e. The predicted molar refractivity (Wildman–Crippen MR) is 81.2 cm³/mol. The minimum absolute atomic E-state index is 0.0427. The van der Waals surface area contributed by atoms with E-state index in [-0.39, 0.29) is 22.1 Å². The second kappa shape index (κ2) is 5.86. The fraction of sp³-hybridized carbons (Fsp3) is 0.545. The van der Waals surface area contributed by atoms with Crippen molar-refractivity contribution in [2.75, 3.05) is 12.3 Å². The number of aryl methyl sites for hydroxylation is 1. The first-order valence-corrected chi connectivity index (χ1v) is 11.0. The van der Waals surface area contributed by atoms with E-state index in [1.165, 1.54) is 6.07 Å². The molecule has 6 nitrogen and oxygen atoms in total.